The van der Waals surface area contributed by atoms with Crippen molar-refractivity contribution in [2.24, 2.45) is 0 Å². The van der Waals surface area contributed by atoms with Crippen molar-refractivity contribution in [1.29, 1.82) is 0 Å². The van der Waals surface area contributed by atoms with Crippen molar-refractivity contribution in [3.8, 4) is 11.4 Å². The number of rotatable bonds is 2. The zero-order valence-corrected chi connectivity index (χ0v) is 10.9. The van der Waals surface area contributed by atoms with Gasteiger partial charge in [-0.05, 0) is 42.5 Å². The summed E-state index contributed by atoms with van der Waals surface area (Å²) in [6.07, 6.45) is 0. The lowest BCUT2D eigenvalue weighted by molar-refractivity contribution is 0.0697. The zero-order valence-electron chi connectivity index (χ0n) is 10.1. The fraction of sp³-hybridized carbons (Fsp3) is 0. The molecule has 0 aliphatic carbocycles. The second-order valence-electron chi connectivity index (χ2n) is 4.26. The van der Waals surface area contributed by atoms with Crippen LogP contribution in [0.4, 0.5) is 0 Å². The number of hydrogen-bond donors (Lipinski definition) is 2. The van der Waals surface area contributed by atoms with Gasteiger partial charge >= 0.3 is 5.97 Å². The summed E-state index contributed by atoms with van der Waals surface area (Å²) in [5.74, 6) is -0.722. The van der Waals surface area contributed by atoms with Crippen LogP contribution in [0.25, 0.3) is 22.4 Å². The van der Waals surface area contributed by atoms with E-state index < -0.39 is 5.97 Å². The summed E-state index contributed by atoms with van der Waals surface area (Å²) in [6.45, 7) is 0. The lowest BCUT2D eigenvalue weighted by Gasteiger charge is -2.01. The molecule has 0 saturated heterocycles. The van der Waals surface area contributed by atoms with E-state index in [0.717, 1.165) is 4.73 Å². The molecule has 3 aromatic rings. The SMILES string of the molecule is O=C(O)c1ccc2nc(-c3ccc(Cl)cc3)n(O)c2c1. The normalized spacial score (nSPS) is 10.8. The highest BCUT2D eigenvalue weighted by Gasteiger charge is 2.14. The Morgan fingerprint density at radius 3 is 2.50 bits per heavy atom. The molecule has 0 aliphatic rings. The predicted octanol–water partition coefficient (Wildman–Crippen LogP) is 3.29. The third-order valence-corrected chi connectivity index (χ3v) is 3.23. The van der Waals surface area contributed by atoms with Gasteiger partial charge in [0.15, 0.2) is 5.82 Å². The molecule has 0 bridgehead atoms. The standard InChI is InChI=1S/C14H9ClN2O3/c15-10-4-1-8(2-5-10)13-16-11-6-3-9(14(18)19)7-12(11)17(13)20/h1-7,20H,(H,18,19). The largest absolute Gasteiger partial charge is 0.478 e. The maximum atomic E-state index is 10.9. The summed E-state index contributed by atoms with van der Waals surface area (Å²) in [6, 6.07) is 11.2. The highest BCUT2D eigenvalue weighted by Crippen LogP contribution is 2.25. The zero-order chi connectivity index (χ0) is 14.3. The van der Waals surface area contributed by atoms with Gasteiger partial charge in [-0.2, -0.15) is 4.73 Å². The van der Waals surface area contributed by atoms with E-state index >= 15 is 0 Å². The van der Waals surface area contributed by atoms with Crippen LogP contribution >= 0.6 is 11.6 Å². The molecule has 5 nitrogen and oxygen atoms in total. The quantitative estimate of drug-likeness (QED) is 0.710. The third-order valence-electron chi connectivity index (χ3n) is 2.98. The van der Waals surface area contributed by atoms with Gasteiger partial charge < -0.3 is 10.3 Å². The average Bonchev–Trinajstić information content (AvgIpc) is 2.76. The Kier molecular flexibility index (Phi) is 2.84. The monoisotopic (exact) mass is 288 g/mol. The molecule has 100 valence electrons. The molecule has 0 radical (unpaired) electrons. The molecule has 0 saturated carbocycles. The minimum absolute atomic E-state index is 0.0929. The van der Waals surface area contributed by atoms with Crippen molar-refractivity contribution in [3.05, 3.63) is 53.1 Å². The summed E-state index contributed by atoms with van der Waals surface area (Å²) in [7, 11) is 0. The minimum atomic E-state index is -1.05. The molecule has 6 heteroatoms. The Balaban J connectivity index is 2.20. The first-order valence-corrected chi connectivity index (χ1v) is 6.15. The second-order valence-corrected chi connectivity index (χ2v) is 4.70. The predicted molar refractivity (Wildman–Crippen MR) is 74.3 cm³/mol. The Morgan fingerprint density at radius 2 is 1.85 bits per heavy atom. The van der Waals surface area contributed by atoms with Crippen molar-refractivity contribution in [2.45, 2.75) is 0 Å². The minimum Gasteiger partial charge on any atom is -0.478 e. The van der Waals surface area contributed by atoms with Crippen LogP contribution < -0.4 is 0 Å². The molecule has 0 atom stereocenters. The number of halogens is 1. The number of carboxylic acid groups (broad SMARTS) is 1. The van der Waals surface area contributed by atoms with Crippen LogP contribution in [-0.2, 0) is 0 Å². The van der Waals surface area contributed by atoms with Crippen molar-refractivity contribution < 1.29 is 15.1 Å². The summed E-state index contributed by atoms with van der Waals surface area (Å²) in [4.78, 5) is 15.2. The number of aromatic carboxylic acids is 1. The maximum Gasteiger partial charge on any atom is 0.335 e. The van der Waals surface area contributed by atoms with Crippen LogP contribution in [0.2, 0.25) is 5.02 Å². The molecular weight excluding hydrogens is 280 g/mol. The van der Waals surface area contributed by atoms with Crippen LogP contribution in [0.15, 0.2) is 42.5 Å². The first-order chi connectivity index (χ1) is 9.56. The Labute approximate surface area is 118 Å². The molecule has 0 spiro atoms. The van der Waals surface area contributed by atoms with Gasteiger partial charge in [-0.15, -0.1) is 0 Å². The fourth-order valence-corrected chi connectivity index (χ4v) is 2.11. The van der Waals surface area contributed by atoms with E-state index in [4.69, 9.17) is 16.7 Å². The van der Waals surface area contributed by atoms with Crippen molar-refractivity contribution in [1.82, 2.24) is 9.71 Å². The van der Waals surface area contributed by atoms with Gasteiger partial charge in [0.2, 0.25) is 0 Å². The van der Waals surface area contributed by atoms with E-state index in [1.165, 1.54) is 12.1 Å². The molecular formula is C14H9ClN2O3. The Bertz CT molecular complexity index is 809. The van der Waals surface area contributed by atoms with Gasteiger partial charge in [0.25, 0.3) is 0 Å². The van der Waals surface area contributed by atoms with Crippen LogP contribution in [0.5, 0.6) is 0 Å². The van der Waals surface area contributed by atoms with E-state index in [2.05, 4.69) is 4.98 Å². The fourth-order valence-electron chi connectivity index (χ4n) is 1.98. The third kappa shape index (κ3) is 1.98. The molecule has 0 amide bonds. The van der Waals surface area contributed by atoms with E-state index in [0.29, 0.717) is 27.4 Å². The average molecular weight is 289 g/mol. The summed E-state index contributed by atoms with van der Waals surface area (Å²) < 4.78 is 0.880. The number of aromatic nitrogens is 2. The van der Waals surface area contributed by atoms with Gasteiger partial charge in [0.05, 0.1) is 11.1 Å². The molecule has 0 unspecified atom stereocenters. The van der Waals surface area contributed by atoms with Gasteiger partial charge in [0, 0.05) is 10.6 Å². The van der Waals surface area contributed by atoms with E-state index in [-0.39, 0.29) is 5.56 Å². The molecule has 1 heterocycles. The van der Waals surface area contributed by atoms with Crippen molar-refractivity contribution in [3.63, 3.8) is 0 Å². The summed E-state index contributed by atoms with van der Waals surface area (Å²) in [5.41, 5.74) is 1.64. The van der Waals surface area contributed by atoms with E-state index in [1.807, 2.05) is 0 Å². The van der Waals surface area contributed by atoms with E-state index in [9.17, 15) is 10.0 Å². The number of benzene rings is 2. The second kappa shape index (κ2) is 4.54. The number of hydrogen-bond acceptors (Lipinski definition) is 3. The van der Waals surface area contributed by atoms with Crippen LogP contribution in [0.3, 0.4) is 0 Å². The summed E-state index contributed by atoms with van der Waals surface area (Å²) >= 11 is 5.82. The topological polar surface area (TPSA) is 75.3 Å². The van der Waals surface area contributed by atoms with Gasteiger partial charge in [-0.3, -0.25) is 0 Å². The smallest absolute Gasteiger partial charge is 0.335 e. The van der Waals surface area contributed by atoms with Crippen molar-refractivity contribution in [2.75, 3.05) is 0 Å². The lowest BCUT2D eigenvalue weighted by atomic mass is 10.2. The molecule has 2 N–H and O–H groups in total. The Hall–Kier alpha value is -2.53. The summed E-state index contributed by atoms with van der Waals surface area (Å²) in [5, 5.41) is 19.7. The van der Waals surface area contributed by atoms with E-state index in [1.54, 1.807) is 30.3 Å². The molecule has 0 fully saturated rings. The van der Waals surface area contributed by atoms with Gasteiger partial charge in [-0.25, -0.2) is 9.78 Å². The Morgan fingerprint density at radius 1 is 1.15 bits per heavy atom. The molecule has 1 aromatic heterocycles. The van der Waals surface area contributed by atoms with Crippen LogP contribution in [-0.4, -0.2) is 26.0 Å². The molecule has 3 rings (SSSR count). The number of nitrogens with zero attached hydrogens (tertiary/aromatic N) is 2. The molecule has 0 aliphatic heterocycles. The van der Waals surface area contributed by atoms with Gasteiger partial charge in [0.1, 0.15) is 5.52 Å². The number of carboxylic acids is 1. The van der Waals surface area contributed by atoms with Crippen LogP contribution in [0.1, 0.15) is 10.4 Å². The highest BCUT2D eigenvalue weighted by molar-refractivity contribution is 6.30. The number of carbonyl (C=O) groups is 1. The highest BCUT2D eigenvalue weighted by atomic mass is 35.5. The maximum absolute atomic E-state index is 10.9. The molecule has 20 heavy (non-hydrogen) atoms. The first kappa shape index (κ1) is 12.5. The van der Waals surface area contributed by atoms with Crippen molar-refractivity contribution >= 4 is 28.6 Å². The van der Waals surface area contributed by atoms with Gasteiger partial charge in [-0.1, -0.05) is 11.6 Å². The number of fused-ring (bicyclic) bond motifs is 1. The first-order valence-electron chi connectivity index (χ1n) is 5.77. The lowest BCUT2D eigenvalue weighted by Crippen LogP contribution is -1.97. The van der Waals surface area contributed by atoms with Crippen LogP contribution in [0, 0.1) is 0 Å². The number of imidazole rings is 1. The molecule has 2 aromatic carbocycles.